The van der Waals surface area contributed by atoms with Crippen LogP contribution in [0.3, 0.4) is 0 Å². The fourth-order valence-electron chi connectivity index (χ4n) is 3.05. The molecule has 0 spiro atoms. The maximum absolute atomic E-state index is 13.3. The maximum atomic E-state index is 13.3. The summed E-state index contributed by atoms with van der Waals surface area (Å²) in [6.07, 6.45) is 0. The number of nitrogens with one attached hydrogen (secondary N) is 1. The molecule has 7 heteroatoms. The fraction of sp³-hybridized carbons (Fsp3) is 0.0500. The van der Waals surface area contributed by atoms with E-state index in [0.29, 0.717) is 27.6 Å². The number of aryl methyl sites for hydroxylation is 1. The van der Waals surface area contributed by atoms with E-state index >= 15 is 0 Å². The van der Waals surface area contributed by atoms with Crippen molar-refractivity contribution in [3.63, 3.8) is 0 Å². The van der Waals surface area contributed by atoms with Gasteiger partial charge in [0.25, 0.3) is 0 Å². The molecule has 0 aliphatic carbocycles. The first kappa shape index (κ1) is 17.2. The lowest BCUT2D eigenvalue weighted by Crippen LogP contribution is -2.15. The van der Waals surface area contributed by atoms with Crippen molar-refractivity contribution in [2.45, 2.75) is 6.92 Å². The largest absolute Gasteiger partial charge is 0.384 e. The minimum Gasteiger partial charge on any atom is -0.384 e. The highest BCUT2D eigenvalue weighted by Crippen LogP contribution is 2.29. The Kier molecular flexibility index (Phi) is 4.12. The summed E-state index contributed by atoms with van der Waals surface area (Å²) in [6.45, 7) is 1.89. The molecule has 27 heavy (non-hydrogen) atoms. The highest BCUT2D eigenvalue weighted by molar-refractivity contribution is 6.30. The van der Waals surface area contributed by atoms with Crippen LogP contribution in [0.5, 0.6) is 0 Å². The number of nitrogens with zero attached hydrogens (tertiary/aromatic N) is 3. The molecule has 5 nitrogen and oxygen atoms in total. The van der Waals surface area contributed by atoms with Crippen molar-refractivity contribution in [1.29, 1.82) is 5.41 Å². The molecule has 3 N–H and O–H groups in total. The van der Waals surface area contributed by atoms with Crippen molar-refractivity contribution in [2.75, 3.05) is 0 Å². The van der Waals surface area contributed by atoms with Gasteiger partial charge in [-0.2, -0.15) is 0 Å². The van der Waals surface area contributed by atoms with Gasteiger partial charge in [0.15, 0.2) is 11.5 Å². The third-order valence-corrected chi connectivity index (χ3v) is 4.53. The van der Waals surface area contributed by atoms with Gasteiger partial charge < -0.3 is 5.73 Å². The van der Waals surface area contributed by atoms with Gasteiger partial charge in [-0.15, -0.1) is 5.10 Å². The van der Waals surface area contributed by atoms with E-state index < -0.39 is 0 Å². The van der Waals surface area contributed by atoms with Crippen molar-refractivity contribution < 1.29 is 4.39 Å². The first-order valence-electron chi connectivity index (χ1n) is 8.20. The molecule has 0 saturated heterocycles. The molecule has 0 fully saturated rings. The maximum Gasteiger partial charge on any atom is 0.182 e. The van der Waals surface area contributed by atoms with E-state index in [0.717, 1.165) is 16.8 Å². The molecule has 4 rings (SSSR count). The van der Waals surface area contributed by atoms with Crippen LogP contribution >= 0.6 is 11.6 Å². The lowest BCUT2D eigenvalue weighted by Gasteiger charge is -2.11. The number of benzene rings is 2. The number of pyridine rings is 1. The summed E-state index contributed by atoms with van der Waals surface area (Å²) in [7, 11) is 0. The normalized spacial score (nSPS) is 11.1. The van der Waals surface area contributed by atoms with Crippen LogP contribution in [-0.4, -0.2) is 20.4 Å². The van der Waals surface area contributed by atoms with Gasteiger partial charge in [-0.3, -0.25) is 5.41 Å². The molecule has 4 aromatic rings. The number of hydrogen-bond donors (Lipinski definition) is 2. The van der Waals surface area contributed by atoms with Gasteiger partial charge in [0.1, 0.15) is 11.7 Å². The monoisotopic (exact) mass is 379 g/mol. The summed E-state index contributed by atoms with van der Waals surface area (Å²) in [6, 6.07) is 15.2. The predicted molar refractivity (Wildman–Crippen MR) is 105 cm³/mol. The molecule has 2 aromatic heterocycles. The number of fused-ring (bicyclic) bond motifs is 1. The SMILES string of the molecule is Cc1cc(-c2ccc(F)cc2)c(C(=N)N)c2nc(-c3cccc(Cl)c3)nn12. The molecular formula is C20H15ClFN5. The number of amidine groups is 1. The van der Waals surface area contributed by atoms with E-state index in [2.05, 4.69) is 10.1 Å². The molecule has 0 bridgehead atoms. The summed E-state index contributed by atoms with van der Waals surface area (Å²) in [4.78, 5) is 4.61. The van der Waals surface area contributed by atoms with Crippen molar-refractivity contribution in [3.8, 4) is 22.5 Å². The minimum atomic E-state index is -0.327. The Hall–Kier alpha value is -3.25. The molecule has 134 valence electrons. The van der Waals surface area contributed by atoms with Gasteiger partial charge in [0, 0.05) is 16.3 Å². The molecule has 0 aliphatic rings. The van der Waals surface area contributed by atoms with E-state index in [-0.39, 0.29) is 11.7 Å². The van der Waals surface area contributed by atoms with E-state index in [1.54, 1.807) is 28.8 Å². The molecule has 2 heterocycles. The summed E-state index contributed by atoms with van der Waals surface area (Å²) in [5.41, 5.74) is 9.84. The van der Waals surface area contributed by atoms with Gasteiger partial charge in [-0.1, -0.05) is 35.9 Å². The Morgan fingerprint density at radius 1 is 1.11 bits per heavy atom. The predicted octanol–water partition coefficient (Wildman–Crippen LogP) is 4.45. The molecular weight excluding hydrogens is 365 g/mol. The molecule has 0 saturated carbocycles. The standard InChI is InChI=1S/C20H15ClFN5/c1-11-9-16(12-5-7-15(22)8-6-12)17(18(23)24)20-25-19(26-27(11)20)13-3-2-4-14(21)10-13/h2-10H,1H3,(H3,23,24). The van der Waals surface area contributed by atoms with Crippen molar-refractivity contribution in [2.24, 2.45) is 5.73 Å². The summed E-state index contributed by atoms with van der Waals surface area (Å²) in [5, 5.41) is 13.2. The van der Waals surface area contributed by atoms with Gasteiger partial charge in [-0.25, -0.2) is 13.9 Å². The van der Waals surface area contributed by atoms with E-state index in [4.69, 9.17) is 22.7 Å². The van der Waals surface area contributed by atoms with E-state index in [9.17, 15) is 4.39 Å². The highest BCUT2D eigenvalue weighted by Gasteiger charge is 2.19. The summed E-state index contributed by atoms with van der Waals surface area (Å²) < 4.78 is 15.0. The van der Waals surface area contributed by atoms with Crippen LogP contribution in [0, 0.1) is 18.2 Å². The molecule has 2 aromatic carbocycles. The number of rotatable bonds is 3. The number of halogens is 2. The summed E-state index contributed by atoms with van der Waals surface area (Å²) in [5.74, 6) is 0.0235. The second-order valence-electron chi connectivity index (χ2n) is 6.18. The lowest BCUT2D eigenvalue weighted by molar-refractivity contribution is 0.628. The Bertz CT molecular complexity index is 1180. The topological polar surface area (TPSA) is 80.1 Å². The minimum absolute atomic E-state index is 0.135. The van der Waals surface area contributed by atoms with Crippen LogP contribution in [0.4, 0.5) is 4.39 Å². The Balaban J connectivity index is 2.00. The zero-order valence-corrected chi connectivity index (χ0v) is 15.1. The fourth-order valence-corrected chi connectivity index (χ4v) is 3.25. The van der Waals surface area contributed by atoms with Gasteiger partial charge in [0.2, 0.25) is 0 Å². The van der Waals surface area contributed by atoms with Gasteiger partial charge in [0.05, 0.1) is 5.56 Å². The highest BCUT2D eigenvalue weighted by atomic mass is 35.5. The van der Waals surface area contributed by atoms with Crippen molar-refractivity contribution in [1.82, 2.24) is 14.6 Å². The van der Waals surface area contributed by atoms with Crippen LogP contribution in [0.15, 0.2) is 54.6 Å². The van der Waals surface area contributed by atoms with Crippen LogP contribution in [-0.2, 0) is 0 Å². The molecule has 0 amide bonds. The zero-order chi connectivity index (χ0) is 19.1. The third-order valence-electron chi connectivity index (χ3n) is 4.29. The number of hydrogen-bond acceptors (Lipinski definition) is 3. The van der Waals surface area contributed by atoms with Gasteiger partial charge >= 0.3 is 0 Å². The molecule has 0 unspecified atom stereocenters. The average Bonchev–Trinajstić information content (AvgIpc) is 3.07. The Morgan fingerprint density at radius 3 is 2.52 bits per heavy atom. The Morgan fingerprint density at radius 2 is 1.85 bits per heavy atom. The lowest BCUT2D eigenvalue weighted by atomic mass is 9.99. The van der Waals surface area contributed by atoms with Crippen LogP contribution < -0.4 is 5.73 Å². The first-order chi connectivity index (χ1) is 12.9. The molecule has 0 aliphatic heterocycles. The summed E-state index contributed by atoms with van der Waals surface area (Å²) >= 11 is 6.08. The van der Waals surface area contributed by atoms with Crippen LogP contribution in [0.25, 0.3) is 28.2 Å². The zero-order valence-electron chi connectivity index (χ0n) is 14.4. The van der Waals surface area contributed by atoms with Crippen molar-refractivity contribution in [3.05, 3.63) is 76.7 Å². The second kappa shape index (κ2) is 6.48. The van der Waals surface area contributed by atoms with Crippen LogP contribution in [0.1, 0.15) is 11.3 Å². The Labute approximate surface area is 159 Å². The van der Waals surface area contributed by atoms with E-state index in [1.165, 1.54) is 12.1 Å². The van der Waals surface area contributed by atoms with E-state index in [1.807, 2.05) is 25.1 Å². The smallest absolute Gasteiger partial charge is 0.182 e. The number of aromatic nitrogens is 3. The van der Waals surface area contributed by atoms with Gasteiger partial charge in [-0.05, 0) is 48.4 Å². The first-order valence-corrected chi connectivity index (χ1v) is 8.58. The van der Waals surface area contributed by atoms with Crippen LogP contribution in [0.2, 0.25) is 5.02 Å². The third kappa shape index (κ3) is 3.04. The second-order valence-corrected chi connectivity index (χ2v) is 6.61. The molecule has 0 radical (unpaired) electrons. The molecule has 0 atom stereocenters. The number of nitrogens with two attached hydrogens (primary N) is 1. The number of nitrogen functional groups attached to an aromatic ring is 1. The average molecular weight is 380 g/mol. The van der Waals surface area contributed by atoms with Crippen molar-refractivity contribution >= 4 is 23.1 Å². The quantitative estimate of drug-likeness (QED) is 0.407.